The summed E-state index contributed by atoms with van der Waals surface area (Å²) in [5, 5.41) is 3.56. The van der Waals surface area contributed by atoms with E-state index >= 15 is 0 Å². The second-order valence-corrected chi connectivity index (χ2v) is 8.03. The Morgan fingerprint density at radius 1 is 1.24 bits per heavy atom. The third-order valence-corrected chi connectivity index (χ3v) is 5.14. The van der Waals surface area contributed by atoms with Crippen LogP contribution in [0.25, 0.3) is 0 Å². The van der Waals surface area contributed by atoms with Crippen molar-refractivity contribution in [3.05, 3.63) is 55.6 Å². The third kappa shape index (κ3) is 6.11. The van der Waals surface area contributed by atoms with Gasteiger partial charge in [0.1, 0.15) is 0 Å². The van der Waals surface area contributed by atoms with E-state index in [0.29, 0.717) is 5.92 Å². The van der Waals surface area contributed by atoms with Gasteiger partial charge >= 0.3 is 0 Å². The van der Waals surface area contributed by atoms with Crippen LogP contribution in [0.1, 0.15) is 23.8 Å². The van der Waals surface area contributed by atoms with Crippen LogP contribution in [0.2, 0.25) is 4.34 Å². The topological polar surface area (TPSA) is 12.0 Å². The van der Waals surface area contributed by atoms with Crippen LogP contribution in [0.5, 0.6) is 0 Å². The van der Waals surface area contributed by atoms with Gasteiger partial charge in [0.25, 0.3) is 0 Å². The van der Waals surface area contributed by atoms with E-state index in [4.69, 9.17) is 11.6 Å². The molecule has 0 bridgehead atoms. The van der Waals surface area contributed by atoms with Gasteiger partial charge < -0.3 is 5.32 Å². The molecule has 4 heteroatoms. The summed E-state index contributed by atoms with van der Waals surface area (Å²) in [6.45, 7) is 4.34. The molecular weight excluding hydrogens is 366 g/mol. The van der Waals surface area contributed by atoms with Crippen molar-refractivity contribution in [1.82, 2.24) is 5.32 Å². The third-order valence-electron chi connectivity index (χ3n) is 3.39. The summed E-state index contributed by atoms with van der Waals surface area (Å²) in [4.78, 5) is 1.37. The van der Waals surface area contributed by atoms with Gasteiger partial charge in [0, 0.05) is 9.35 Å². The summed E-state index contributed by atoms with van der Waals surface area (Å²) < 4.78 is 2.03. The predicted octanol–water partition coefficient (Wildman–Crippen LogP) is 5.57. The molecule has 1 nitrogen and oxygen atoms in total. The van der Waals surface area contributed by atoms with E-state index in [0.717, 1.165) is 34.7 Å². The van der Waals surface area contributed by atoms with Crippen molar-refractivity contribution in [3.8, 4) is 0 Å². The predicted molar refractivity (Wildman–Crippen MR) is 97.5 cm³/mol. The number of nitrogens with one attached hydrogen (secondary N) is 1. The van der Waals surface area contributed by atoms with E-state index in [2.05, 4.69) is 58.5 Å². The van der Waals surface area contributed by atoms with Crippen molar-refractivity contribution in [2.24, 2.45) is 5.92 Å². The first kappa shape index (κ1) is 17.0. The van der Waals surface area contributed by atoms with Crippen LogP contribution in [0.15, 0.2) is 40.9 Å². The van der Waals surface area contributed by atoms with Crippen molar-refractivity contribution in [3.63, 3.8) is 0 Å². The summed E-state index contributed by atoms with van der Waals surface area (Å²) in [5.41, 5.74) is 1.38. The smallest absolute Gasteiger partial charge is 0.0931 e. The average Bonchev–Trinajstić information content (AvgIpc) is 2.84. The van der Waals surface area contributed by atoms with Crippen LogP contribution in [0, 0.1) is 5.92 Å². The van der Waals surface area contributed by atoms with Crippen LogP contribution in [0.3, 0.4) is 0 Å². The Balaban J connectivity index is 2.00. The van der Waals surface area contributed by atoms with E-state index in [1.807, 2.05) is 6.07 Å². The highest BCUT2D eigenvalue weighted by molar-refractivity contribution is 9.10. The summed E-state index contributed by atoms with van der Waals surface area (Å²) in [5.74, 6) is 0.598. The first-order valence-corrected chi connectivity index (χ1v) is 9.35. The zero-order chi connectivity index (χ0) is 15.1. The fourth-order valence-electron chi connectivity index (χ4n) is 2.44. The van der Waals surface area contributed by atoms with Gasteiger partial charge in [-0.1, -0.05) is 46.6 Å². The van der Waals surface area contributed by atoms with Gasteiger partial charge in [-0.05, 0) is 68.1 Å². The normalized spacial score (nSPS) is 12.5. The maximum absolute atomic E-state index is 6.05. The quantitative estimate of drug-likeness (QED) is 0.585. The number of halogens is 2. The highest BCUT2D eigenvalue weighted by Gasteiger charge is 2.12. The number of rotatable bonds is 8. The van der Waals surface area contributed by atoms with E-state index in [9.17, 15) is 0 Å². The monoisotopic (exact) mass is 385 g/mol. The van der Waals surface area contributed by atoms with Crippen molar-refractivity contribution >= 4 is 38.9 Å². The summed E-state index contributed by atoms with van der Waals surface area (Å²) in [6, 6.07) is 12.8. The molecule has 1 heterocycles. The highest BCUT2D eigenvalue weighted by Crippen LogP contribution is 2.25. The molecule has 114 valence electrons. The summed E-state index contributed by atoms with van der Waals surface area (Å²) in [6.07, 6.45) is 3.35. The van der Waals surface area contributed by atoms with Crippen molar-refractivity contribution < 1.29 is 0 Å². The molecule has 0 radical (unpaired) electrons. The lowest BCUT2D eigenvalue weighted by molar-refractivity contribution is 0.473. The largest absolute Gasteiger partial charge is 0.316 e. The fourth-order valence-corrected chi connectivity index (χ4v) is 4.09. The molecule has 1 unspecified atom stereocenters. The number of hydrogen-bond donors (Lipinski definition) is 1. The second-order valence-electron chi connectivity index (χ2n) is 5.31. The zero-order valence-corrected chi connectivity index (χ0v) is 15.4. The number of hydrogen-bond acceptors (Lipinski definition) is 2. The Kier molecular flexibility index (Phi) is 7.24. The SMILES string of the molecule is CCCNCC(Cc1cccc(Br)c1)Cc1ccc(Cl)s1. The molecule has 1 aromatic carbocycles. The van der Waals surface area contributed by atoms with Crippen LogP contribution in [0.4, 0.5) is 0 Å². The Morgan fingerprint density at radius 2 is 2.10 bits per heavy atom. The van der Waals surface area contributed by atoms with Crippen LogP contribution in [-0.2, 0) is 12.8 Å². The molecule has 1 aromatic heterocycles. The zero-order valence-electron chi connectivity index (χ0n) is 12.2. The van der Waals surface area contributed by atoms with Crippen LogP contribution in [-0.4, -0.2) is 13.1 Å². The van der Waals surface area contributed by atoms with Crippen LogP contribution >= 0.6 is 38.9 Å². The van der Waals surface area contributed by atoms with Crippen molar-refractivity contribution in [2.45, 2.75) is 26.2 Å². The summed E-state index contributed by atoms with van der Waals surface area (Å²) in [7, 11) is 0. The average molecular weight is 387 g/mol. The van der Waals surface area contributed by atoms with Gasteiger partial charge in [-0.3, -0.25) is 0 Å². The Bertz CT molecular complexity index is 555. The molecule has 0 amide bonds. The first-order valence-electron chi connectivity index (χ1n) is 7.36. The van der Waals surface area contributed by atoms with Gasteiger partial charge in [-0.25, -0.2) is 0 Å². The summed E-state index contributed by atoms with van der Waals surface area (Å²) >= 11 is 11.3. The lowest BCUT2D eigenvalue weighted by Gasteiger charge is -2.17. The second kappa shape index (κ2) is 8.94. The van der Waals surface area contributed by atoms with Gasteiger partial charge in [-0.15, -0.1) is 11.3 Å². The van der Waals surface area contributed by atoms with Crippen LogP contribution < -0.4 is 5.32 Å². The molecule has 0 saturated carbocycles. The lowest BCUT2D eigenvalue weighted by Crippen LogP contribution is -2.26. The van der Waals surface area contributed by atoms with Crippen molar-refractivity contribution in [1.29, 1.82) is 0 Å². The fraction of sp³-hybridized carbons (Fsp3) is 0.412. The molecule has 0 spiro atoms. The molecule has 1 atom stereocenters. The van der Waals surface area contributed by atoms with Gasteiger partial charge in [0.2, 0.25) is 0 Å². The molecule has 21 heavy (non-hydrogen) atoms. The molecule has 0 aliphatic rings. The minimum absolute atomic E-state index is 0.598. The molecule has 1 N–H and O–H groups in total. The van der Waals surface area contributed by atoms with Gasteiger partial charge in [-0.2, -0.15) is 0 Å². The Labute approximate surface area is 144 Å². The molecular formula is C17H21BrClNS. The maximum atomic E-state index is 6.05. The van der Waals surface area contributed by atoms with Gasteiger partial charge in [0.15, 0.2) is 0 Å². The number of thiophene rings is 1. The molecule has 0 saturated heterocycles. The molecule has 0 aliphatic heterocycles. The molecule has 2 aromatic rings. The number of benzene rings is 1. The molecule has 0 aliphatic carbocycles. The molecule has 2 rings (SSSR count). The maximum Gasteiger partial charge on any atom is 0.0931 e. The van der Waals surface area contributed by atoms with E-state index in [1.165, 1.54) is 16.9 Å². The van der Waals surface area contributed by atoms with E-state index in [1.54, 1.807) is 11.3 Å². The van der Waals surface area contributed by atoms with E-state index < -0.39 is 0 Å². The molecule has 0 fully saturated rings. The van der Waals surface area contributed by atoms with Crippen molar-refractivity contribution in [2.75, 3.05) is 13.1 Å². The minimum atomic E-state index is 0.598. The Morgan fingerprint density at radius 3 is 2.76 bits per heavy atom. The first-order chi connectivity index (χ1) is 10.2. The van der Waals surface area contributed by atoms with E-state index in [-0.39, 0.29) is 0 Å². The standard InChI is InChI=1S/C17H21BrClNS/c1-2-8-20-12-14(11-16-6-7-17(19)21-16)9-13-4-3-5-15(18)10-13/h3-7,10,14,20H,2,8-9,11-12H2,1H3. The minimum Gasteiger partial charge on any atom is -0.316 e. The highest BCUT2D eigenvalue weighted by atomic mass is 79.9. The van der Waals surface area contributed by atoms with Gasteiger partial charge in [0.05, 0.1) is 4.34 Å². The Hall–Kier alpha value is -0.350. The lowest BCUT2D eigenvalue weighted by atomic mass is 9.95.